The van der Waals surface area contributed by atoms with E-state index in [1.165, 1.54) is 193 Å². The van der Waals surface area contributed by atoms with Gasteiger partial charge in [-0.15, -0.1) is 0 Å². The molecule has 6 nitrogen and oxygen atoms in total. The van der Waals surface area contributed by atoms with Crippen LogP contribution in [0.1, 0.15) is 323 Å². The predicted octanol–water partition coefficient (Wildman–Crippen LogP) is 21.7. The number of hydrogen-bond donors (Lipinski definition) is 0. The number of hydrogen-bond acceptors (Lipinski definition) is 6. The Hall–Kier alpha value is -3.15. The number of esters is 3. The highest BCUT2D eigenvalue weighted by Gasteiger charge is 2.19. The maximum absolute atomic E-state index is 12.9. The highest BCUT2D eigenvalue weighted by atomic mass is 16.6. The molecule has 428 valence electrons. The Bertz CT molecular complexity index is 1370. The second kappa shape index (κ2) is 62.4. The highest BCUT2D eigenvalue weighted by Crippen LogP contribution is 2.16. The van der Waals surface area contributed by atoms with Gasteiger partial charge in [0, 0.05) is 19.3 Å². The van der Waals surface area contributed by atoms with Crippen LogP contribution in [0.25, 0.3) is 0 Å². The van der Waals surface area contributed by atoms with Gasteiger partial charge in [0.2, 0.25) is 0 Å². The highest BCUT2D eigenvalue weighted by molar-refractivity contribution is 5.71. The number of carbonyl (C=O) groups is 3. The zero-order valence-electron chi connectivity index (χ0n) is 49.1. The second-order valence-corrected chi connectivity index (χ2v) is 21.3. The summed E-state index contributed by atoms with van der Waals surface area (Å²) in [4.78, 5) is 38.3. The Morgan fingerprint density at radius 1 is 0.270 bits per heavy atom. The Morgan fingerprint density at radius 3 is 0.784 bits per heavy atom. The van der Waals surface area contributed by atoms with Crippen molar-refractivity contribution < 1.29 is 28.6 Å². The molecule has 0 saturated carbocycles. The van der Waals surface area contributed by atoms with E-state index in [-0.39, 0.29) is 31.1 Å². The van der Waals surface area contributed by atoms with E-state index < -0.39 is 6.10 Å². The third-order valence-electron chi connectivity index (χ3n) is 13.9. The summed E-state index contributed by atoms with van der Waals surface area (Å²) in [6, 6.07) is 0. The Labute approximate surface area is 459 Å². The molecule has 74 heavy (non-hydrogen) atoms. The van der Waals surface area contributed by atoms with E-state index >= 15 is 0 Å². The van der Waals surface area contributed by atoms with Gasteiger partial charge < -0.3 is 14.2 Å². The van der Waals surface area contributed by atoms with Crippen molar-refractivity contribution in [1.29, 1.82) is 0 Å². The van der Waals surface area contributed by atoms with Crippen molar-refractivity contribution in [2.45, 2.75) is 329 Å². The van der Waals surface area contributed by atoms with Crippen molar-refractivity contribution in [2.75, 3.05) is 13.2 Å². The second-order valence-electron chi connectivity index (χ2n) is 21.3. The molecule has 1 atom stereocenters. The monoisotopic (exact) mass is 1030 g/mol. The first kappa shape index (κ1) is 70.8. The molecule has 0 aromatic carbocycles. The first-order valence-corrected chi connectivity index (χ1v) is 31.9. The Morgan fingerprint density at radius 2 is 0.486 bits per heavy atom. The summed E-state index contributed by atoms with van der Waals surface area (Å²) in [5.74, 6) is -0.890. The summed E-state index contributed by atoms with van der Waals surface area (Å²) in [7, 11) is 0. The van der Waals surface area contributed by atoms with Crippen molar-refractivity contribution >= 4 is 17.9 Å². The molecule has 0 spiro atoms. The smallest absolute Gasteiger partial charge is 0.306 e. The van der Waals surface area contributed by atoms with Gasteiger partial charge in [-0.05, 0) is 116 Å². The molecular weight excluding hydrogens is 913 g/mol. The lowest BCUT2D eigenvalue weighted by Gasteiger charge is -2.18. The lowest BCUT2D eigenvalue weighted by molar-refractivity contribution is -0.167. The Kier molecular flexibility index (Phi) is 59.7. The molecule has 0 aliphatic carbocycles. The van der Waals surface area contributed by atoms with Crippen LogP contribution in [-0.2, 0) is 28.6 Å². The van der Waals surface area contributed by atoms with Crippen LogP contribution in [0, 0.1) is 0 Å². The third kappa shape index (κ3) is 59.7. The predicted molar refractivity (Wildman–Crippen MR) is 321 cm³/mol. The van der Waals surface area contributed by atoms with Crippen LogP contribution in [0.4, 0.5) is 0 Å². The summed E-state index contributed by atoms with van der Waals surface area (Å²) < 4.78 is 16.9. The van der Waals surface area contributed by atoms with Gasteiger partial charge in [0.15, 0.2) is 6.10 Å². The molecule has 0 amide bonds. The lowest BCUT2D eigenvalue weighted by atomic mass is 10.1. The van der Waals surface area contributed by atoms with Gasteiger partial charge in [0.1, 0.15) is 13.2 Å². The summed E-state index contributed by atoms with van der Waals surface area (Å²) in [6.45, 7) is 6.61. The molecule has 0 aliphatic rings. The molecule has 0 aromatic heterocycles. The quantitative estimate of drug-likeness (QED) is 0.0261. The molecule has 6 heteroatoms. The number of rotatable bonds is 58. The maximum Gasteiger partial charge on any atom is 0.306 e. The molecule has 0 saturated heterocycles. The van der Waals surface area contributed by atoms with E-state index in [2.05, 4.69) is 93.7 Å². The van der Waals surface area contributed by atoms with Gasteiger partial charge in [-0.3, -0.25) is 14.4 Å². The summed E-state index contributed by atoms with van der Waals surface area (Å²) in [6.07, 6.45) is 80.4. The molecule has 0 radical (unpaired) electrons. The van der Waals surface area contributed by atoms with Crippen molar-refractivity contribution in [2.24, 2.45) is 0 Å². The number of allylic oxidation sites excluding steroid dienone is 12. The topological polar surface area (TPSA) is 78.9 Å². The van der Waals surface area contributed by atoms with Crippen LogP contribution in [0.5, 0.6) is 0 Å². The minimum absolute atomic E-state index is 0.0822. The normalized spacial score (nSPS) is 12.5. The van der Waals surface area contributed by atoms with Crippen LogP contribution in [0.2, 0.25) is 0 Å². The van der Waals surface area contributed by atoms with Crippen LogP contribution in [0.3, 0.4) is 0 Å². The first-order chi connectivity index (χ1) is 36.5. The van der Waals surface area contributed by atoms with Gasteiger partial charge in [0.05, 0.1) is 0 Å². The molecule has 0 fully saturated rings. The summed E-state index contributed by atoms with van der Waals surface area (Å²) in [5, 5.41) is 0. The third-order valence-corrected chi connectivity index (χ3v) is 13.9. The average molecular weight is 1030 g/mol. The minimum Gasteiger partial charge on any atom is -0.462 e. The van der Waals surface area contributed by atoms with Crippen molar-refractivity contribution in [1.82, 2.24) is 0 Å². The van der Waals surface area contributed by atoms with E-state index in [0.717, 1.165) is 89.9 Å². The van der Waals surface area contributed by atoms with Crippen molar-refractivity contribution in [3.8, 4) is 0 Å². The molecule has 0 heterocycles. The minimum atomic E-state index is -0.785. The molecule has 1 unspecified atom stereocenters. The lowest BCUT2D eigenvalue weighted by Crippen LogP contribution is -2.30. The van der Waals surface area contributed by atoms with E-state index in [9.17, 15) is 14.4 Å². The zero-order chi connectivity index (χ0) is 53.6. The average Bonchev–Trinajstić information content (AvgIpc) is 3.40. The van der Waals surface area contributed by atoms with Gasteiger partial charge >= 0.3 is 17.9 Å². The molecule has 0 bridgehead atoms. The van der Waals surface area contributed by atoms with E-state index in [1.54, 1.807) is 0 Å². The SMILES string of the molecule is CCCCCC/C=C\C/C=C\CCCCCCCCCC(=O)OC(COC(=O)CCCCCCC/C=C\CCCCCC)COC(=O)CCCCCCCCCCCC/C=C\C/C=C\C/C=C\CCCCCCC. The molecule has 0 aliphatic heterocycles. The fraction of sp³-hybridized carbons (Fsp3) is 0.779. The van der Waals surface area contributed by atoms with Crippen molar-refractivity contribution in [3.05, 3.63) is 72.9 Å². The first-order valence-electron chi connectivity index (χ1n) is 31.9. The molecular formula is C68H120O6. The standard InChI is InChI=1S/C68H120O6/c1-4-7-10-13-16-19-22-25-27-29-31-32-33-34-35-36-37-39-40-43-46-49-52-55-58-61-67(70)73-64-65(63-72-66(69)60-57-54-51-48-45-42-24-21-18-15-12-9-6-3)74-68(71)62-59-56-53-50-47-44-41-38-30-28-26-23-20-17-14-11-8-5-2/h20-25,28-31,33-34,65H,4-19,26-27,32,35-64H2,1-3H3/b23-20-,24-21-,25-22-,30-28-,31-29-,34-33-. The van der Waals surface area contributed by atoms with Crippen LogP contribution < -0.4 is 0 Å². The number of unbranched alkanes of at least 4 members (excludes halogenated alkanes) is 35. The Balaban J connectivity index is 4.32. The van der Waals surface area contributed by atoms with Crippen LogP contribution in [-0.4, -0.2) is 37.2 Å². The zero-order valence-corrected chi connectivity index (χ0v) is 49.1. The maximum atomic E-state index is 12.9. The molecule has 0 N–H and O–H groups in total. The number of carbonyl (C=O) groups excluding carboxylic acids is 3. The fourth-order valence-corrected chi connectivity index (χ4v) is 9.06. The summed E-state index contributed by atoms with van der Waals surface area (Å²) >= 11 is 0. The van der Waals surface area contributed by atoms with Gasteiger partial charge in [0.25, 0.3) is 0 Å². The van der Waals surface area contributed by atoms with Gasteiger partial charge in [-0.2, -0.15) is 0 Å². The van der Waals surface area contributed by atoms with Gasteiger partial charge in [-0.25, -0.2) is 0 Å². The fourth-order valence-electron chi connectivity index (χ4n) is 9.06. The van der Waals surface area contributed by atoms with E-state index in [0.29, 0.717) is 19.3 Å². The molecule has 0 aromatic rings. The van der Waals surface area contributed by atoms with E-state index in [1.807, 2.05) is 0 Å². The van der Waals surface area contributed by atoms with Crippen LogP contribution >= 0.6 is 0 Å². The summed E-state index contributed by atoms with van der Waals surface area (Å²) in [5.41, 5.74) is 0. The number of ether oxygens (including phenoxy) is 3. The van der Waals surface area contributed by atoms with Crippen LogP contribution in [0.15, 0.2) is 72.9 Å². The molecule has 0 rings (SSSR count). The van der Waals surface area contributed by atoms with E-state index in [4.69, 9.17) is 14.2 Å². The van der Waals surface area contributed by atoms with Crippen molar-refractivity contribution in [3.63, 3.8) is 0 Å². The largest absolute Gasteiger partial charge is 0.462 e. The van der Waals surface area contributed by atoms with Gasteiger partial charge in [-0.1, -0.05) is 261 Å².